The first-order chi connectivity index (χ1) is 9.20. The Bertz CT molecular complexity index is 293. The SMILES string of the molecule is CCOC[C@@H]1C[C@H](OC2CCCCO2)CN1C(=O)O. The Labute approximate surface area is 113 Å². The molecular formula is C13H23NO5. The molecule has 19 heavy (non-hydrogen) atoms. The Morgan fingerprint density at radius 2 is 2.32 bits per heavy atom. The van der Waals surface area contributed by atoms with Crippen molar-refractivity contribution in [2.24, 2.45) is 0 Å². The molecule has 0 saturated carbocycles. The van der Waals surface area contributed by atoms with E-state index in [1.165, 1.54) is 4.90 Å². The molecule has 1 amide bonds. The molecule has 3 atom stereocenters. The lowest BCUT2D eigenvalue weighted by Gasteiger charge is -2.25. The van der Waals surface area contributed by atoms with Gasteiger partial charge in [0.15, 0.2) is 6.29 Å². The van der Waals surface area contributed by atoms with E-state index in [0.717, 1.165) is 25.9 Å². The third kappa shape index (κ3) is 4.06. The number of carboxylic acid groups (broad SMARTS) is 1. The van der Waals surface area contributed by atoms with Crippen LogP contribution < -0.4 is 0 Å². The fourth-order valence-electron chi connectivity index (χ4n) is 2.65. The van der Waals surface area contributed by atoms with Crippen LogP contribution in [0.1, 0.15) is 32.6 Å². The van der Waals surface area contributed by atoms with Crippen LogP contribution in [0.15, 0.2) is 0 Å². The van der Waals surface area contributed by atoms with E-state index in [1.54, 1.807) is 0 Å². The molecule has 0 aliphatic carbocycles. The van der Waals surface area contributed by atoms with Crippen LogP contribution in [-0.4, -0.2) is 60.9 Å². The van der Waals surface area contributed by atoms with Crippen LogP contribution in [0.4, 0.5) is 4.79 Å². The minimum absolute atomic E-state index is 0.0790. The summed E-state index contributed by atoms with van der Waals surface area (Å²) < 4.78 is 16.7. The van der Waals surface area contributed by atoms with Crippen molar-refractivity contribution in [3.63, 3.8) is 0 Å². The van der Waals surface area contributed by atoms with E-state index < -0.39 is 6.09 Å². The molecule has 0 aromatic rings. The first-order valence-electron chi connectivity index (χ1n) is 7.05. The van der Waals surface area contributed by atoms with Gasteiger partial charge in [-0.15, -0.1) is 0 Å². The van der Waals surface area contributed by atoms with Gasteiger partial charge in [-0.2, -0.15) is 0 Å². The molecule has 2 rings (SSSR count). The molecule has 2 aliphatic heterocycles. The fraction of sp³-hybridized carbons (Fsp3) is 0.923. The molecule has 2 fully saturated rings. The number of hydrogen-bond donors (Lipinski definition) is 1. The maximum Gasteiger partial charge on any atom is 0.407 e. The van der Waals surface area contributed by atoms with Crippen LogP contribution in [0.3, 0.4) is 0 Å². The van der Waals surface area contributed by atoms with Gasteiger partial charge in [0.05, 0.1) is 25.3 Å². The van der Waals surface area contributed by atoms with Crippen LogP contribution >= 0.6 is 0 Å². The molecule has 0 spiro atoms. The third-order valence-corrected chi connectivity index (χ3v) is 3.62. The van der Waals surface area contributed by atoms with Crippen molar-refractivity contribution in [3.8, 4) is 0 Å². The molecule has 0 aromatic carbocycles. The molecular weight excluding hydrogens is 250 g/mol. The van der Waals surface area contributed by atoms with Gasteiger partial charge >= 0.3 is 6.09 Å². The van der Waals surface area contributed by atoms with E-state index >= 15 is 0 Å². The van der Waals surface area contributed by atoms with Gasteiger partial charge in [0.2, 0.25) is 0 Å². The third-order valence-electron chi connectivity index (χ3n) is 3.62. The van der Waals surface area contributed by atoms with Crippen molar-refractivity contribution >= 4 is 6.09 Å². The Morgan fingerprint density at radius 3 is 2.95 bits per heavy atom. The average molecular weight is 273 g/mol. The summed E-state index contributed by atoms with van der Waals surface area (Å²) in [7, 11) is 0. The zero-order chi connectivity index (χ0) is 13.7. The number of rotatable bonds is 5. The molecule has 0 aromatic heterocycles. The van der Waals surface area contributed by atoms with E-state index in [-0.39, 0.29) is 18.4 Å². The average Bonchev–Trinajstić information content (AvgIpc) is 2.80. The second-order valence-corrected chi connectivity index (χ2v) is 5.04. The second-order valence-electron chi connectivity index (χ2n) is 5.04. The monoisotopic (exact) mass is 273 g/mol. The van der Waals surface area contributed by atoms with E-state index in [4.69, 9.17) is 14.2 Å². The molecule has 2 heterocycles. The molecule has 2 saturated heterocycles. The number of likely N-dealkylation sites (tertiary alicyclic amines) is 1. The van der Waals surface area contributed by atoms with E-state index in [1.807, 2.05) is 6.92 Å². The van der Waals surface area contributed by atoms with Gasteiger partial charge in [-0.1, -0.05) is 0 Å². The number of ether oxygens (including phenoxy) is 3. The topological polar surface area (TPSA) is 68.2 Å². The lowest BCUT2D eigenvalue weighted by atomic mass is 10.2. The smallest absolute Gasteiger partial charge is 0.407 e. The predicted octanol–water partition coefficient (Wildman–Crippen LogP) is 1.69. The highest BCUT2D eigenvalue weighted by molar-refractivity contribution is 5.66. The molecule has 2 aliphatic rings. The number of nitrogens with zero attached hydrogens (tertiary/aromatic N) is 1. The van der Waals surface area contributed by atoms with Crippen molar-refractivity contribution in [2.75, 3.05) is 26.4 Å². The Hall–Kier alpha value is -0.850. The van der Waals surface area contributed by atoms with Crippen molar-refractivity contribution in [1.29, 1.82) is 0 Å². The molecule has 6 heteroatoms. The first kappa shape index (κ1) is 14.6. The van der Waals surface area contributed by atoms with Gasteiger partial charge in [0, 0.05) is 13.2 Å². The Morgan fingerprint density at radius 1 is 1.47 bits per heavy atom. The maximum absolute atomic E-state index is 11.2. The van der Waals surface area contributed by atoms with E-state index in [0.29, 0.717) is 26.2 Å². The van der Waals surface area contributed by atoms with Gasteiger partial charge < -0.3 is 24.2 Å². The molecule has 0 bridgehead atoms. The van der Waals surface area contributed by atoms with Gasteiger partial charge in [-0.3, -0.25) is 0 Å². The summed E-state index contributed by atoms with van der Waals surface area (Å²) in [5, 5.41) is 9.19. The molecule has 1 N–H and O–H groups in total. The maximum atomic E-state index is 11.2. The highest BCUT2D eigenvalue weighted by Crippen LogP contribution is 2.24. The minimum Gasteiger partial charge on any atom is -0.465 e. The zero-order valence-electron chi connectivity index (χ0n) is 11.4. The van der Waals surface area contributed by atoms with Crippen molar-refractivity contribution in [3.05, 3.63) is 0 Å². The summed E-state index contributed by atoms with van der Waals surface area (Å²) in [5.41, 5.74) is 0. The van der Waals surface area contributed by atoms with Crippen molar-refractivity contribution < 1.29 is 24.1 Å². The predicted molar refractivity (Wildman–Crippen MR) is 68.1 cm³/mol. The van der Waals surface area contributed by atoms with Crippen molar-refractivity contribution in [2.45, 2.75) is 51.0 Å². The summed E-state index contributed by atoms with van der Waals surface area (Å²) in [6.45, 7) is 4.09. The Balaban J connectivity index is 1.83. The summed E-state index contributed by atoms with van der Waals surface area (Å²) in [4.78, 5) is 12.6. The lowest BCUT2D eigenvalue weighted by molar-refractivity contribution is -0.185. The number of hydrogen-bond acceptors (Lipinski definition) is 4. The van der Waals surface area contributed by atoms with Crippen LogP contribution in [0.2, 0.25) is 0 Å². The summed E-state index contributed by atoms with van der Waals surface area (Å²) >= 11 is 0. The van der Waals surface area contributed by atoms with E-state index in [2.05, 4.69) is 0 Å². The standard InChI is InChI=1S/C13H23NO5/c1-2-17-9-10-7-11(8-14(10)13(15)16)19-12-5-3-4-6-18-12/h10-12H,2-9H2,1H3,(H,15,16)/t10-,11-,12?/m0/s1. The van der Waals surface area contributed by atoms with Crippen LogP contribution in [0.25, 0.3) is 0 Å². The van der Waals surface area contributed by atoms with E-state index in [9.17, 15) is 9.90 Å². The minimum atomic E-state index is -0.902. The second kappa shape index (κ2) is 7.07. The zero-order valence-corrected chi connectivity index (χ0v) is 11.4. The van der Waals surface area contributed by atoms with Crippen LogP contribution in [0, 0.1) is 0 Å². The van der Waals surface area contributed by atoms with Gasteiger partial charge in [0.1, 0.15) is 0 Å². The number of amides is 1. The molecule has 0 radical (unpaired) electrons. The largest absolute Gasteiger partial charge is 0.465 e. The Kier molecular flexibility index (Phi) is 5.42. The van der Waals surface area contributed by atoms with Gasteiger partial charge in [-0.25, -0.2) is 4.79 Å². The quantitative estimate of drug-likeness (QED) is 0.825. The highest BCUT2D eigenvalue weighted by atomic mass is 16.7. The summed E-state index contributed by atoms with van der Waals surface area (Å²) in [6, 6.07) is -0.106. The van der Waals surface area contributed by atoms with Crippen LogP contribution in [0.5, 0.6) is 0 Å². The van der Waals surface area contributed by atoms with Crippen LogP contribution in [-0.2, 0) is 14.2 Å². The van der Waals surface area contributed by atoms with Crippen molar-refractivity contribution in [1.82, 2.24) is 4.90 Å². The number of carbonyl (C=O) groups is 1. The first-order valence-corrected chi connectivity index (χ1v) is 7.05. The van der Waals surface area contributed by atoms with Gasteiger partial charge in [-0.05, 0) is 32.6 Å². The molecule has 1 unspecified atom stereocenters. The summed E-state index contributed by atoms with van der Waals surface area (Å²) in [6.07, 6.45) is 2.64. The highest BCUT2D eigenvalue weighted by Gasteiger charge is 2.37. The van der Waals surface area contributed by atoms with Gasteiger partial charge in [0.25, 0.3) is 0 Å². The molecule has 110 valence electrons. The normalized spacial score (nSPS) is 31.6. The molecule has 6 nitrogen and oxygen atoms in total. The fourth-order valence-corrected chi connectivity index (χ4v) is 2.65. The lowest BCUT2D eigenvalue weighted by Crippen LogP contribution is -2.37. The summed E-state index contributed by atoms with van der Waals surface area (Å²) in [5.74, 6) is 0.